The van der Waals surface area contributed by atoms with Crippen LogP contribution in [-0.2, 0) is 24.0 Å². The van der Waals surface area contributed by atoms with Crippen LogP contribution in [0.15, 0.2) is 41.6 Å². The summed E-state index contributed by atoms with van der Waals surface area (Å²) in [7, 11) is 0. The number of hydrogen-bond donors (Lipinski definition) is 3. The average Bonchev–Trinajstić information content (AvgIpc) is 2.87. The van der Waals surface area contributed by atoms with Gasteiger partial charge in [-0.2, -0.15) is 0 Å². The Labute approximate surface area is 210 Å². The highest BCUT2D eigenvalue weighted by atomic mass is 32.2. The Hall–Kier alpha value is -3.87. The van der Waals surface area contributed by atoms with Crippen molar-refractivity contribution in [2.75, 3.05) is 25.4 Å². The fourth-order valence-electron chi connectivity index (χ4n) is 4.33. The molecule has 1 aromatic rings. The molecule has 3 aliphatic heterocycles. The van der Waals surface area contributed by atoms with Crippen LogP contribution in [0.25, 0.3) is 0 Å². The molecule has 3 N–H and O–H groups in total. The molecule has 13 heteroatoms. The molecule has 6 amide bonds. The van der Waals surface area contributed by atoms with Gasteiger partial charge >= 0.3 is 23.8 Å². The molecule has 1 aromatic carbocycles. The second-order valence-electron chi connectivity index (χ2n) is 8.46. The third-order valence-corrected chi connectivity index (χ3v) is 7.68. The molecule has 0 spiro atoms. The number of piperazine rings is 1. The molecule has 12 nitrogen and oxygen atoms in total. The lowest BCUT2D eigenvalue weighted by molar-refractivity contribution is -0.153. The zero-order valence-corrected chi connectivity index (χ0v) is 20.4. The van der Waals surface area contributed by atoms with Crippen molar-refractivity contribution >= 4 is 47.4 Å². The predicted octanol–water partition coefficient (Wildman–Crippen LogP) is -0.113. The first-order valence-electron chi connectivity index (χ1n) is 11.3. The molecule has 0 bridgehead atoms. The second-order valence-corrected chi connectivity index (χ2v) is 9.57. The smallest absolute Gasteiger partial charge is 0.352 e. The third-order valence-electron chi connectivity index (χ3n) is 6.26. The molecule has 0 saturated carbocycles. The molecule has 0 aliphatic carbocycles. The number of amides is 6. The molecule has 3 aliphatic rings. The molecular formula is C23H25N5O7S. The summed E-state index contributed by atoms with van der Waals surface area (Å²) in [5.74, 6) is -3.88. The van der Waals surface area contributed by atoms with Crippen molar-refractivity contribution in [3.05, 3.63) is 47.2 Å². The minimum Gasteiger partial charge on any atom is -0.477 e. The van der Waals surface area contributed by atoms with Crippen molar-refractivity contribution in [3.8, 4) is 0 Å². The van der Waals surface area contributed by atoms with Crippen LogP contribution >= 0.6 is 11.8 Å². The topological polar surface area (TPSA) is 156 Å². The van der Waals surface area contributed by atoms with Crippen molar-refractivity contribution in [1.29, 1.82) is 0 Å². The van der Waals surface area contributed by atoms with Crippen LogP contribution in [0.1, 0.15) is 25.5 Å². The van der Waals surface area contributed by atoms with Crippen LogP contribution in [0.2, 0.25) is 0 Å². The number of urea groups is 1. The van der Waals surface area contributed by atoms with E-state index in [0.717, 1.165) is 9.80 Å². The Morgan fingerprint density at radius 3 is 2.44 bits per heavy atom. The first-order valence-corrected chi connectivity index (χ1v) is 12.3. The highest BCUT2D eigenvalue weighted by molar-refractivity contribution is 8.00. The largest absolute Gasteiger partial charge is 0.477 e. The number of hydrogen-bond acceptors (Lipinski definition) is 7. The molecule has 2 fully saturated rings. The molecule has 190 valence electrons. The molecule has 3 atom stereocenters. The standard InChI is InChI=1S/C23H25N5O7S/c1-3-26-9-10-27(20(32)19(26)31)23(35)25-14(13-7-5-4-6-8-13)17(29)24-15-18(30)28-16(22(33)34)12(2)11-36-21(15)28/h4-8,14-15,21H,3,9-11H2,1-2H3,(H,24,29)(H,25,35)(H,33,34)/t14?,15?,21-/m0/s1. The average molecular weight is 516 g/mol. The van der Waals surface area contributed by atoms with Crippen LogP contribution in [0.3, 0.4) is 0 Å². The summed E-state index contributed by atoms with van der Waals surface area (Å²) in [4.78, 5) is 78.5. The number of nitrogens with zero attached hydrogens (tertiary/aromatic N) is 3. The van der Waals surface area contributed by atoms with Crippen molar-refractivity contribution in [2.24, 2.45) is 0 Å². The van der Waals surface area contributed by atoms with Crippen LogP contribution < -0.4 is 10.6 Å². The van der Waals surface area contributed by atoms with Gasteiger partial charge in [0.1, 0.15) is 23.2 Å². The maximum Gasteiger partial charge on any atom is 0.352 e. The van der Waals surface area contributed by atoms with Crippen molar-refractivity contribution < 1.29 is 33.9 Å². The highest BCUT2D eigenvalue weighted by Crippen LogP contribution is 2.40. The van der Waals surface area contributed by atoms with Gasteiger partial charge in [0.15, 0.2) is 0 Å². The molecule has 3 heterocycles. The monoisotopic (exact) mass is 515 g/mol. The van der Waals surface area contributed by atoms with Crippen LogP contribution in [-0.4, -0.2) is 92.2 Å². The molecular weight excluding hydrogens is 490 g/mol. The summed E-state index contributed by atoms with van der Waals surface area (Å²) in [5.41, 5.74) is 0.867. The van der Waals surface area contributed by atoms with E-state index in [-0.39, 0.29) is 18.8 Å². The van der Waals surface area contributed by atoms with Gasteiger partial charge < -0.3 is 20.6 Å². The number of likely N-dealkylation sites (N-methyl/N-ethyl adjacent to an activating group) is 1. The first-order chi connectivity index (χ1) is 17.1. The first kappa shape index (κ1) is 25.2. The van der Waals surface area contributed by atoms with Crippen LogP contribution in [0, 0.1) is 0 Å². The summed E-state index contributed by atoms with van der Waals surface area (Å²) in [6, 6.07) is 5.10. The van der Waals surface area contributed by atoms with Gasteiger partial charge in [-0.1, -0.05) is 30.3 Å². The van der Waals surface area contributed by atoms with E-state index in [1.54, 1.807) is 44.2 Å². The van der Waals surface area contributed by atoms with E-state index in [0.29, 0.717) is 23.4 Å². The van der Waals surface area contributed by atoms with Gasteiger partial charge in [-0.25, -0.2) is 9.59 Å². The van der Waals surface area contributed by atoms with Gasteiger partial charge in [-0.05, 0) is 25.0 Å². The van der Waals surface area contributed by atoms with Crippen molar-refractivity contribution in [2.45, 2.75) is 31.3 Å². The van der Waals surface area contributed by atoms with E-state index in [1.165, 1.54) is 16.7 Å². The number of carboxylic acids is 1. The Bertz CT molecular complexity index is 1170. The summed E-state index contributed by atoms with van der Waals surface area (Å²) >= 11 is 1.33. The van der Waals surface area contributed by atoms with Crippen LogP contribution in [0.5, 0.6) is 0 Å². The maximum atomic E-state index is 13.3. The number of aliphatic carboxylic acids is 1. The molecule has 0 aromatic heterocycles. The lowest BCUT2D eigenvalue weighted by Crippen LogP contribution is -2.71. The lowest BCUT2D eigenvalue weighted by Gasteiger charge is -2.49. The van der Waals surface area contributed by atoms with Gasteiger partial charge in [0.2, 0.25) is 5.91 Å². The Morgan fingerprint density at radius 2 is 1.81 bits per heavy atom. The van der Waals surface area contributed by atoms with Gasteiger partial charge in [0.05, 0.1) is 0 Å². The summed E-state index contributed by atoms with van der Waals surface area (Å²) in [6.45, 7) is 3.85. The normalized spacial score (nSPS) is 22.6. The van der Waals surface area contributed by atoms with E-state index >= 15 is 0 Å². The maximum absolute atomic E-state index is 13.3. The number of fused-ring (bicyclic) bond motifs is 1. The fourth-order valence-corrected chi connectivity index (χ4v) is 5.62. The lowest BCUT2D eigenvalue weighted by atomic mass is 10.0. The zero-order valence-electron chi connectivity index (χ0n) is 19.6. The number of carbonyl (C=O) groups is 6. The minimum absolute atomic E-state index is 0.0220. The second kappa shape index (κ2) is 10.0. The van der Waals surface area contributed by atoms with Gasteiger partial charge in [-0.15, -0.1) is 11.8 Å². The minimum atomic E-state index is -1.27. The molecule has 0 radical (unpaired) electrons. The number of imide groups is 1. The number of nitrogens with one attached hydrogen (secondary N) is 2. The number of carbonyl (C=O) groups excluding carboxylic acids is 5. The van der Waals surface area contributed by atoms with Gasteiger partial charge in [0.25, 0.3) is 5.91 Å². The summed E-state index contributed by atoms with van der Waals surface area (Å²) in [5, 5.41) is 14.0. The zero-order chi connectivity index (χ0) is 26.1. The van der Waals surface area contributed by atoms with Crippen molar-refractivity contribution in [1.82, 2.24) is 25.3 Å². The Kier molecular flexibility index (Phi) is 7.02. The molecule has 36 heavy (non-hydrogen) atoms. The molecule has 4 rings (SSSR count). The van der Waals surface area contributed by atoms with Gasteiger partial charge in [0, 0.05) is 25.4 Å². The van der Waals surface area contributed by atoms with Crippen LogP contribution in [0.4, 0.5) is 4.79 Å². The Balaban J connectivity index is 1.51. The number of β-lactam (4-membered cyclic amide) rings is 1. The van der Waals surface area contributed by atoms with Gasteiger partial charge in [-0.3, -0.25) is 29.0 Å². The SMILES string of the molecule is CCN1CCN(C(=O)NC(C(=O)NC2C(=O)N3C(C(=O)O)=C(C)CS[C@@H]23)c2ccccc2)C(=O)C1=O. The quantitative estimate of drug-likeness (QED) is 0.350. The van der Waals surface area contributed by atoms with E-state index in [1.807, 2.05) is 0 Å². The van der Waals surface area contributed by atoms with E-state index in [2.05, 4.69) is 10.6 Å². The Morgan fingerprint density at radius 1 is 1.11 bits per heavy atom. The predicted molar refractivity (Wildman–Crippen MR) is 127 cm³/mol. The summed E-state index contributed by atoms with van der Waals surface area (Å²) < 4.78 is 0. The fraction of sp³-hybridized carbons (Fsp3) is 0.391. The van der Waals surface area contributed by atoms with E-state index in [4.69, 9.17) is 0 Å². The van der Waals surface area contributed by atoms with E-state index in [9.17, 15) is 33.9 Å². The van der Waals surface area contributed by atoms with Crippen molar-refractivity contribution in [3.63, 3.8) is 0 Å². The molecule has 2 saturated heterocycles. The number of benzene rings is 1. The number of thioether (sulfide) groups is 1. The number of rotatable bonds is 6. The highest BCUT2D eigenvalue weighted by Gasteiger charge is 2.54. The number of carboxylic acid groups (broad SMARTS) is 1. The van der Waals surface area contributed by atoms with E-state index < -0.39 is 53.1 Å². The third kappa shape index (κ3) is 4.41. The summed E-state index contributed by atoms with van der Waals surface area (Å²) in [6.07, 6.45) is 0. The molecule has 2 unspecified atom stereocenters.